The van der Waals surface area contributed by atoms with E-state index in [-0.39, 0.29) is 5.41 Å². The maximum atomic E-state index is 13.0. The molecule has 0 saturated heterocycles. The predicted octanol–water partition coefficient (Wildman–Crippen LogP) is 3.23. The Hall–Kier alpha value is -1.16. The van der Waals surface area contributed by atoms with Crippen molar-refractivity contribution in [2.75, 3.05) is 11.9 Å². The summed E-state index contributed by atoms with van der Waals surface area (Å²) in [7, 11) is 0. The van der Waals surface area contributed by atoms with Crippen LogP contribution in [0.1, 0.15) is 33.6 Å². The summed E-state index contributed by atoms with van der Waals surface area (Å²) < 4.78 is 18.8. The van der Waals surface area contributed by atoms with Gasteiger partial charge in [0.25, 0.3) is 0 Å². The van der Waals surface area contributed by atoms with Gasteiger partial charge in [0.2, 0.25) is 5.95 Å². The highest BCUT2D eigenvalue weighted by Gasteiger charge is 2.51. The third kappa shape index (κ3) is 2.34. The smallest absolute Gasteiger partial charge is 0.214 e. The van der Waals surface area contributed by atoms with E-state index in [0.29, 0.717) is 18.0 Å². The van der Waals surface area contributed by atoms with E-state index in [1.807, 2.05) is 6.92 Å². The number of rotatable bonds is 5. The summed E-state index contributed by atoms with van der Waals surface area (Å²) >= 11 is 0. The van der Waals surface area contributed by atoms with Gasteiger partial charge in [0, 0.05) is 18.1 Å². The number of nitrogens with zero attached hydrogens (tertiary/aromatic N) is 1. The predicted molar refractivity (Wildman–Crippen MR) is 70.0 cm³/mol. The quantitative estimate of drug-likeness (QED) is 0.817. The van der Waals surface area contributed by atoms with Crippen molar-refractivity contribution in [3.05, 3.63) is 24.1 Å². The molecule has 1 aromatic rings. The molecule has 3 nitrogen and oxygen atoms in total. The largest absolute Gasteiger partial charge is 0.378 e. The average Bonchev–Trinajstić information content (AvgIpc) is 2.36. The number of aromatic nitrogens is 1. The van der Waals surface area contributed by atoms with Crippen molar-refractivity contribution >= 4 is 5.82 Å². The van der Waals surface area contributed by atoms with Crippen molar-refractivity contribution in [1.82, 2.24) is 4.98 Å². The van der Waals surface area contributed by atoms with Gasteiger partial charge in [0.1, 0.15) is 5.82 Å². The van der Waals surface area contributed by atoms with E-state index >= 15 is 0 Å². The van der Waals surface area contributed by atoms with Gasteiger partial charge in [-0.25, -0.2) is 4.98 Å². The Labute approximate surface area is 108 Å². The Morgan fingerprint density at radius 2 is 2.28 bits per heavy atom. The fraction of sp³-hybridized carbons (Fsp3) is 0.643. The molecular formula is C14H21FN2O. The van der Waals surface area contributed by atoms with Crippen LogP contribution in [-0.4, -0.2) is 23.7 Å². The Bertz CT molecular complexity index is 413. The first kappa shape index (κ1) is 13.3. The molecule has 1 aromatic heterocycles. The number of hydrogen-bond donors (Lipinski definition) is 1. The summed E-state index contributed by atoms with van der Waals surface area (Å²) in [6.07, 6.45) is 2.28. The minimum Gasteiger partial charge on any atom is -0.378 e. The fourth-order valence-corrected chi connectivity index (χ4v) is 2.64. The second kappa shape index (κ2) is 5.22. The number of hydrogen-bond acceptors (Lipinski definition) is 3. The van der Waals surface area contributed by atoms with Crippen LogP contribution in [-0.2, 0) is 4.74 Å². The first-order chi connectivity index (χ1) is 8.60. The Kier molecular flexibility index (Phi) is 3.85. The summed E-state index contributed by atoms with van der Waals surface area (Å²) in [6, 6.07) is 5.13. The molecule has 0 aliphatic heterocycles. The van der Waals surface area contributed by atoms with Crippen LogP contribution < -0.4 is 5.32 Å². The van der Waals surface area contributed by atoms with Crippen molar-refractivity contribution in [1.29, 1.82) is 0 Å². The lowest BCUT2D eigenvalue weighted by Gasteiger charge is -2.53. The number of ether oxygens (including phenoxy) is 1. The molecule has 100 valence electrons. The van der Waals surface area contributed by atoms with Gasteiger partial charge in [0.05, 0.1) is 6.10 Å². The second-order valence-corrected chi connectivity index (χ2v) is 5.08. The average molecular weight is 252 g/mol. The number of halogens is 1. The lowest BCUT2D eigenvalue weighted by molar-refractivity contribution is -0.109. The molecular weight excluding hydrogens is 231 g/mol. The molecule has 3 unspecified atom stereocenters. The van der Waals surface area contributed by atoms with Crippen LogP contribution >= 0.6 is 0 Å². The minimum atomic E-state index is -0.445. The Morgan fingerprint density at radius 3 is 2.89 bits per heavy atom. The highest BCUT2D eigenvalue weighted by Crippen LogP contribution is 2.47. The molecule has 1 fully saturated rings. The van der Waals surface area contributed by atoms with Crippen molar-refractivity contribution in [2.24, 2.45) is 5.41 Å². The zero-order chi connectivity index (χ0) is 13.2. The molecule has 0 amide bonds. The molecule has 0 bridgehead atoms. The molecule has 0 aromatic carbocycles. The van der Waals surface area contributed by atoms with Crippen molar-refractivity contribution in [3.63, 3.8) is 0 Å². The standard InChI is InChI=1S/C14H21FN2O/c1-4-14(3)10(9-11(14)18-5-2)16-13-8-6-7-12(15)17-13/h6-8,10-11H,4-5,9H2,1-3H3,(H,16,17). The first-order valence-corrected chi connectivity index (χ1v) is 6.60. The Morgan fingerprint density at radius 1 is 1.50 bits per heavy atom. The molecule has 1 heterocycles. The third-order valence-corrected chi connectivity index (χ3v) is 4.15. The van der Waals surface area contributed by atoms with Gasteiger partial charge in [-0.05, 0) is 31.9 Å². The third-order valence-electron chi connectivity index (χ3n) is 4.15. The fourth-order valence-electron chi connectivity index (χ4n) is 2.64. The SMILES string of the molecule is CCOC1CC(Nc2cccc(F)n2)C1(C)CC. The first-order valence-electron chi connectivity index (χ1n) is 6.60. The van der Waals surface area contributed by atoms with Gasteiger partial charge in [0.15, 0.2) is 0 Å². The van der Waals surface area contributed by atoms with E-state index in [0.717, 1.165) is 19.4 Å². The van der Waals surface area contributed by atoms with Crippen LogP contribution in [0.25, 0.3) is 0 Å². The maximum Gasteiger partial charge on any atom is 0.214 e. The molecule has 18 heavy (non-hydrogen) atoms. The monoisotopic (exact) mass is 252 g/mol. The topological polar surface area (TPSA) is 34.1 Å². The molecule has 1 saturated carbocycles. The van der Waals surface area contributed by atoms with E-state index in [1.165, 1.54) is 6.07 Å². The molecule has 4 heteroatoms. The van der Waals surface area contributed by atoms with Gasteiger partial charge < -0.3 is 10.1 Å². The summed E-state index contributed by atoms with van der Waals surface area (Å²) in [6.45, 7) is 7.14. The van der Waals surface area contributed by atoms with Crippen LogP contribution in [0.3, 0.4) is 0 Å². The maximum absolute atomic E-state index is 13.0. The van der Waals surface area contributed by atoms with Crippen LogP contribution in [0, 0.1) is 11.4 Å². The lowest BCUT2D eigenvalue weighted by atomic mass is 9.61. The van der Waals surface area contributed by atoms with Gasteiger partial charge in [-0.15, -0.1) is 0 Å². The van der Waals surface area contributed by atoms with Gasteiger partial charge in [-0.2, -0.15) is 4.39 Å². The molecule has 1 aliphatic rings. The number of nitrogens with one attached hydrogen (secondary N) is 1. The molecule has 2 rings (SSSR count). The van der Waals surface area contributed by atoms with Crippen LogP contribution in [0.4, 0.5) is 10.2 Å². The van der Waals surface area contributed by atoms with E-state index in [1.54, 1.807) is 12.1 Å². The van der Waals surface area contributed by atoms with E-state index < -0.39 is 5.95 Å². The van der Waals surface area contributed by atoms with Crippen molar-refractivity contribution < 1.29 is 9.13 Å². The lowest BCUT2D eigenvalue weighted by Crippen LogP contribution is -2.59. The summed E-state index contributed by atoms with van der Waals surface area (Å²) in [5.74, 6) is 0.161. The Balaban J connectivity index is 2.03. The van der Waals surface area contributed by atoms with Gasteiger partial charge in [-0.3, -0.25) is 0 Å². The molecule has 1 N–H and O–H groups in total. The number of anilines is 1. The van der Waals surface area contributed by atoms with Crippen LogP contribution in [0.5, 0.6) is 0 Å². The molecule has 0 radical (unpaired) electrons. The second-order valence-electron chi connectivity index (χ2n) is 5.08. The normalized spacial score (nSPS) is 30.9. The van der Waals surface area contributed by atoms with E-state index in [2.05, 4.69) is 24.1 Å². The van der Waals surface area contributed by atoms with Crippen molar-refractivity contribution in [2.45, 2.75) is 45.8 Å². The van der Waals surface area contributed by atoms with Crippen LogP contribution in [0.2, 0.25) is 0 Å². The zero-order valence-electron chi connectivity index (χ0n) is 11.2. The van der Waals surface area contributed by atoms with Crippen LogP contribution in [0.15, 0.2) is 18.2 Å². The summed E-state index contributed by atoms with van der Waals surface area (Å²) in [5.41, 5.74) is 0.101. The van der Waals surface area contributed by atoms with E-state index in [4.69, 9.17) is 4.74 Å². The van der Waals surface area contributed by atoms with Gasteiger partial charge >= 0.3 is 0 Å². The minimum absolute atomic E-state index is 0.101. The highest BCUT2D eigenvalue weighted by molar-refractivity contribution is 5.37. The summed E-state index contributed by atoms with van der Waals surface area (Å²) in [4.78, 5) is 3.85. The zero-order valence-corrected chi connectivity index (χ0v) is 11.2. The molecule has 1 aliphatic carbocycles. The van der Waals surface area contributed by atoms with E-state index in [9.17, 15) is 4.39 Å². The number of pyridine rings is 1. The highest BCUT2D eigenvalue weighted by atomic mass is 19.1. The van der Waals surface area contributed by atoms with Gasteiger partial charge in [-0.1, -0.05) is 19.9 Å². The summed E-state index contributed by atoms with van der Waals surface area (Å²) in [5, 5.41) is 3.32. The molecule has 3 atom stereocenters. The molecule has 0 spiro atoms. The van der Waals surface area contributed by atoms with Crippen molar-refractivity contribution in [3.8, 4) is 0 Å².